The molecule has 0 aliphatic carbocycles. The van der Waals surface area contributed by atoms with Crippen molar-refractivity contribution in [3.05, 3.63) is 54.2 Å². The van der Waals surface area contributed by atoms with Crippen LogP contribution in [0.1, 0.15) is 11.5 Å². The number of halogens is 3. The van der Waals surface area contributed by atoms with Crippen LogP contribution < -0.4 is 5.32 Å². The van der Waals surface area contributed by atoms with Gasteiger partial charge >= 0.3 is 6.18 Å². The van der Waals surface area contributed by atoms with Crippen LogP contribution in [0.4, 0.5) is 19.0 Å². The third-order valence-corrected chi connectivity index (χ3v) is 3.62. The van der Waals surface area contributed by atoms with Crippen molar-refractivity contribution in [2.45, 2.75) is 12.6 Å². The normalized spacial score (nSPS) is 12.1. The minimum absolute atomic E-state index is 0.0400. The molecule has 4 rings (SSSR count). The van der Waals surface area contributed by atoms with Crippen LogP contribution in [-0.2, 0) is 12.6 Å². The van der Waals surface area contributed by atoms with Crippen molar-refractivity contribution in [1.82, 2.24) is 29.2 Å². The number of aromatic nitrogens is 6. The van der Waals surface area contributed by atoms with E-state index >= 15 is 0 Å². The average molecular weight is 347 g/mol. The molecular formula is C15H12F3N7. The predicted octanol–water partition coefficient (Wildman–Crippen LogP) is 2.45. The molecule has 0 bridgehead atoms. The Morgan fingerprint density at radius 1 is 1.04 bits per heavy atom. The SMILES string of the molecule is FC(F)(F)c1nnc2ccc(NCCc3cn4ccccc4n3)nn12. The fraction of sp³-hybridized carbons (Fsp3) is 0.200. The summed E-state index contributed by atoms with van der Waals surface area (Å²) in [6.45, 7) is 0.478. The minimum atomic E-state index is -4.61. The molecule has 0 atom stereocenters. The van der Waals surface area contributed by atoms with E-state index in [4.69, 9.17) is 0 Å². The van der Waals surface area contributed by atoms with Crippen LogP contribution in [0, 0.1) is 0 Å². The molecule has 0 unspecified atom stereocenters. The third kappa shape index (κ3) is 2.97. The van der Waals surface area contributed by atoms with E-state index in [9.17, 15) is 13.2 Å². The van der Waals surface area contributed by atoms with E-state index in [1.807, 2.05) is 35.0 Å². The minimum Gasteiger partial charge on any atom is -0.368 e. The van der Waals surface area contributed by atoms with Gasteiger partial charge in [-0.05, 0) is 24.3 Å². The largest absolute Gasteiger partial charge is 0.453 e. The summed E-state index contributed by atoms with van der Waals surface area (Å²) in [5.74, 6) is -0.840. The Balaban J connectivity index is 1.49. The lowest BCUT2D eigenvalue weighted by atomic mass is 10.3. The lowest BCUT2D eigenvalue weighted by Gasteiger charge is -2.06. The molecule has 0 spiro atoms. The number of nitrogens with zero attached hydrogens (tertiary/aromatic N) is 6. The van der Waals surface area contributed by atoms with Gasteiger partial charge in [-0.25, -0.2) is 4.98 Å². The highest BCUT2D eigenvalue weighted by molar-refractivity contribution is 5.44. The summed E-state index contributed by atoms with van der Waals surface area (Å²) in [4.78, 5) is 4.46. The summed E-state index contributed by atoms with van der Waals surface area (Å²) >= 11 is 0. The molecule has 25 heavy (non-hydrogen) atoms. The molecule has 0 fully saturated rings. The van der Waals surface area contributed by atoms with E-state index in [0.29, 0.717) is 23.3 Å². The summed E-state index contributed by atoms with van der Waals surface area (Å²) in [5, 5.41) is 13.5. The van der Waals surface area contributed by atoms with E-state index in [-0.39, 0.29) is 5.65 Å². The Morgan fingerprint density at radius 3 is 2.72 bits per heavy atom. The Bertz CT molecular complexity index is 1000. The van der Waals surface area contributed by atoms with Crippen LogP contribution in [0.15, 0.2) is 42.7 Å². The standard InChI is InChI=1S/C15H12F3N7/c16-15(17,18)14-22-21-13-5-4-11(23-25(13)14)19-7-6-10-9-24-8-2-1-3-12(24)20-10/h1-5,8-9H,6-7H2,(H,19,23). The second-order valence-electron chi connectivity index (χ2n) is 5.39. The van der Waals surface area contributed by atoms with Crippen LogP contribution >= 0.6 is 0 Å². The van der Waals surface area contributed by atoms with Crippen molar-refractivity contribution >= 4 is 17.1 Å². The van der Waals surface area contributed by atoms with E-state index in [2.05, 4.69) is 25.6 Å². The van der Waals surface area contributed by atoms with Gasteiger partial charge in [0, 0.05) is 25.4 Å². The molecule has 0 aromatic carbocycles. The van der Waals surface area contributed by atoms with Crippen molar-refractivity contribution in [3.63, 3.8) is 0 Å². The highest BCUT2D eigenvalue weighted by Gasteiger charge is 2.37. The van der Waals surface area contributed by atoms with Crippen molar-refractivity contribution in [2.75, 3.05) is 11.9 Å². The number of anilines is 1. The number of hydrogen-bond donors (Lipinski definition) is 1. The molecule has 1 N–H and O–H groups in total. The molecule has 0 saturated carbocycles. The number of nitrogens with one attached hydrogen (secondary N) is 1. The lowest BCUT2D eigenvalue weighted by Crippen LogP contribution is -2.14. The van der Waals surface area contributed by atoms with E-state index in [0.717, 1.165) is 11.3 Å². The van der Waals surface area contributed by atoms with E-state index < -0.39 is 12.0 Å². The van der Waals surface area contributed by atoms with Gasteiger partial charge in [-0.15, -0.1) is 15.3 Å². The lowest BCUT2D eigenvalue weighted by molar-refractivity contribution is -0.146. The summed E-state index contributed by atoms with van der Waals surface area (Å²) in [6, 6.07) is 8.71. The molecule has 0 amide bonds. The zero-order chi connectivity index (χ0) is 17.4. The number of fused-ring (bicyclic) bond motifs is 2. The molecule has 4 aromatic heterocycles. The van der Waals surface area contributed by atoms with Crippen molar-refractivity contribution in [2.24, 2.45) is 0 Å². The van der Waals surface area contributed by atoms with Crippen LogP contribution in [0.25, 0.3) is 11.3 Å². The van der Waals surface area contributed by atoms with Gasteiger partial charge in [0.15, 0.2) is 5.65 Å². The molecule has 0 aliphatic heterocycles. The van der Waals surface area contributed by atoms with Gasteiger partial charge < -0.3 is 9.72 Å². The number of imidazole rings is 1. The Morgan fingerprint density at radius 2 is 1.92 bits per heavy atom. The molecule has 0 aliphatic rings. The molecule has 4 aromatic rings. The quantitative estimate of drug-likeness (QED) is 0.614. The highest BCUT2D eigenvalue weighted by atomic mass is 19.4. The third-order valence-electron chi connectivity index (χ3n) is 3.62. The summed E-state index contributed by atoms with van der Waals surface area (Å²) in [5.41, 5.74) is 1.76. The van der Waals surface area contributed by atoms with Crippen molar-refractivity contribution < 1.29 is 13.2 Å². The smallest absolute Gasteiger partial charge is 0.368 e. The summed E-state index contributed by atoms with van der Waals surface area (Å²) < 4.78 is 41.2. The fourth-order valence-corrected chi connectivity index (χ4v) is 2.49. The van der Waals surface area contributed by atoms with Gasteiger partial charge in [0.05, 0.1) is 5.69 Å². The Hall–Kier alpha value is -3.17. The Labute approximate surface area is 139 Å². The van der Waals surface area contributed by atoms with Crippen molar-refractivity contribution in [1.29, 1.82) is 0 Å². The molecule has 10 heteroatoms. The molecule has 4 heterocycles. The predicted molar refractivity (Wildman–Crippen MR) is 83.2 cm³/mol. The second kappa shape index (κ2) is 5.72. The zero-order valence-corrected chi connectivity index (χ0v) is 12.8. The van der Waals surface area contributed by atoms with Gasteiger partial charge in [-0.2, -0.15) is 17.7 Å². The maximum atomic E-state index is 12.9. The van der Waals surface area contributed by atoms with Gasteiger partial charge in [0.2, 0.25) is 0 Å². The van der Waals surface area contributed by atoms with Crippen LogP contribution in [0.2, 0.25) is 0 Å². The van der Waals surface area contributed by atoms with E-state index in [1.165, 1.54) is 6.07 Å². The molecule has 0 radical (unpaired) electrons. The number of rotatable bonds is 4. The number of hydrogen-bond acceptors (Lipinski definition) is 5. The molecular weight excluding hydrogens is 335 g/mol. The topological polar surface area (TPSA) is 72.4 Å². The second-order valence-corrected chi connectivity index (χ2v) is 5.39. The average Bonchev–Trinajstić information content (AvgIpc) is 3.17. The van der Waals surface area contributed by atoms with Gasteiger partial charge in [0.25, 0.3) is 5.82 Å². The maximum absolute atomic E-state index is 12.9. The highest BCUT2D eigenvalue weighted by Crippen LogP contribution is 2.27. The van der Waals surface area contributed by atoms with Crippen molar-refractivity contribution in [3.8, 4) is 0 Å². The number of alkyl halides is 3. The molecule has 0 saturated heterocycles. The Kier molecular flexibility index (Phi) is 3.52. The first-order valence-corrected chi connectivity index (χ1v) is 7.47. The van der Waals surface area contributed by atoms with Crippen LogP contribution in [-0.4, -0.2) is 35.7 Å². The first kappa shape index (κ1) is 15.4. The molecule has 7 nitrogen and oxygen atoms in total. The summed E-state index contributed by atoms with van der Waals surface area (Å²) in [6.07, 6.45) is -0.189. The maximum Gasteiger partial charge on any atom is 0.453 e. The van der Waals surface area contributed by atoms with Crippen LogP contribution in [0.3, 0.4) is 0 Å². The zero-order valence-electron chi connectivity index (χ0n) is 12.8. The van der Waals surface area contributed by atoms with Gasteiger partial charge in [-0.1, -0.05) is 6.07 Å². The van der Waals surface area contributed by atoms with E-state index in [1.54, 1.807) is 6.07 Å². The first-order chi connectivity index (χ1) is 12.0. The first-order valence-electron chi connectivity index (χ1n) is 7.47. The fourth-order valence-electron chi connectivity index (χ4n) is 2.49. The van der Waals surface area contributed by atoms with Gasteiger partial charge in [0.1, 0.15) is 11.5 Å². The molecule has 128 valence electrons. The monoisotopic (exact) mass is 347 g/mol. The van der Waals surface area contributed by atoms with Crippen LogP contribution in [0.5, 0.6) is 0 Å². The number of pyridine rings is 1. The van der Waals surface area contributed by atoms with Gasteiger partial charge in [-0.3, -0.25) is 0 Å². The summed E-state index contributed by atoms with van der Waals surface area (Å²) in [7, 11) is 0.